The van der Waals surface area contributed by atoms with Gasteiger partial charge in [0, 0.05) is 27.4 Å². The Hall–Kier alpha value is 0.0969. The molecule has 0 amide bonds. The molecule has 4 heteroatoms. The van der Waals surface area contributed by atoms with Crippen LogP contribution in [-0.2, 0) is 13.3 Å². The van der Waals surface area contributed by atoms with E-state index in [2.05, 4.69) is 6.92 Å². The first-order chi connectivity index (χ1) is 11.2. The van der Waals surface area contributed by atoms with Crippen molar-refractivity contribution in [3.8, 4) is 0 Å². The second-order valence-electron chi connectivity index (χ2n) is 7.85. The van der Waals surface area contributed by atoms with Gasteiger partial charge in [0.2, 0.25) is 0 Å². The predicted octanol–water partition coefficient (Wildman–Crippen LogP) is 5.28. The van der Waals surface area contributed by atoms with Crippen molar-refractivity contribution in [2.24, 2.45) is 23.7 Å². The second-order valence-corrected chi connectivity index (χ2v) is 10.8. The molecule has 23 heavy (non-hydrogen) atoms. The molecule has 0 aliphatic heterocycles. The zero-order valence-corrected chi connectivity index (χ0v) is 16.8. The van der Waals surface area contributed by atoms with Crippen molar-refractivity contribution < 1.29 is 13.3 Å². The SMILES string of the molecule is CCCC1CCC(C2CCC(C[Si](OC)(OC)OC)CC2)CC1. The summed E-state index contributed by atoms with van der Waals surface area (Å²) < 4.78 is 16.8. The molecule has 0 atom stereocenters. The Morgan fingerprint density at radius 1 is 0.696 bits per heavy atom. The summed E-state index contributed by atoms with van der Waals surface area (Å²) >= 11 is 0. The van der Waals surface area contributed by atoms with Crippen molar-refractivity contribution >= 4 is 8.80 Å². The fourth-order valence-electron chi connectivity index (χ4n) is 5.07. The minimum Gasteiger partial charge on any atom is -0.377 e. The third-order valence-electron chi connectivity index (χ3n) is 6.62. The topological polar surface area (TPSA) is 27.7 Å². The van der Waals surface area contributed by atoms with E-state index in [4.69, 9.17) is 13.3 Å². The Kier molecular flexibility index (Phi) is 8.06. The lowest BCUT2D eigenvalue weighted by molar-refractivity contribution is 0.105. The summed E-state index contributed by atoms with van der Waals surface area (Å²) in [6.45, 7) is 2.33. The van der Waals surface area contributed by atoms with Crippen LogP contribution in [0, 0.1) is 23.7 Å². The normalized spacial score (nSPS) is 32.9. The van der Waals surface area contributed by atoms with Gasteiger partial charge in [-0.3, -0.25) is 0 Å². The van der Waals surface area contributed by atoms with Gasteiger partial charge in [0.25, 0.3) is 0 Å². The standard InChI is InChI=1S/C19H38O3Si/c1-5-6-16-7-11-18(12-8-16)19-13-9-17(10-14-19)15-23(20-2,21-3)22-4/h16-19H,5-15H2,1-4H3. The molecule has 0 aromatic carbocycles. The predicted molar refractivity (Wildman–Crippen MR) is 97.4 cm³/mol. The van der Waals surface area contributed by atoms with Gasteiger partial charge in [-0.25, -0.2) is 0 Å². The zero-order valence-electron chi connectivity index (χ0n) is 15.8. The van der Waals surface area contributed by atoms with E-state index in [1.165, 1.54) is 64.2 Å². The van der Waals surface area contributed by atoms with Crippen molar-refractivity contribution in [3.63, 3.8) is 0 Å². The average molecular weight is 343 g/mol. The highest BCUT2D eigenvalue weighted by atomic mass is 28.4. The molecule has 0 spiro atoms. The van der Waals surface area contributed by atoms with E-state index in [1.54, 1.807) is 21.3 Å². The highest BCUT2D eigenvalue weighted by molar-refractivity contribution is 6.60. The molecule has 0 aromatic rings. The van der Waals surface area contributed by atoms with Crippen LogP contribution in [0.15, 0.2) is 0 Å². The maximum absolute atomic E-state index is 5.61. The smallest absolute Gasteiger partial charge is 0.377 e. The Labute approximate surface area is 144 Å². The Morgan fingerprint density at radius 3 is 1.52 bits per heavy atom. The van der Waals surface area contributed by atoms with E-state index in [1.807, 2.05) is 0 Å². The fraction of sp³-hybridized carbons (Fsp3) is 1.00. The first-order valence-electron chi connectivity index (χ1n) is 9.81. The van der Waals surface area contributed by atoms with Gasteiger partial charge < -0.3 is 13.3 Å². The van der Waals surface area contributed by atoms with E-state index in [0.717, 1.165) is 29.7 Å². The Morgan fingerprint density at radius 2 is 1.13 bits per heavy atom. The van der Waals surface area contributed by atoms with E-state index in [9.17, 15) is 0 Å². The van der Waals surface area contributed by atoms with E-state index in [0.29, 0.717) is 0 Å². The maximum atomic E-state index is 5.61. The minimum atomic E-state index is -2.38. The van der Waals surface area contributed by atoms with Gasteiger partial charge in [-0.2, -0.15) is 0 Å². The second kappa shape index (κ2) is 9.55. The molecular formula is C19H38O3Si. The first-order valence-corrected chi connectivity index (χ1v) is 11.7. The van der Waals surface area contributed by atoms with Gasteiger partial charge in [0.15, 0.2) is 0 Å². The molecular weight excluding hydrogens is 304 g/mol. The van der Waals surface area contributed by atoms with Crippen LogP contribution >= 0.6 is 0 Å². The molecule has 0 N–H and O–H groups in total. The van der Waals surface area contributed by atoms with Crippen LogP contribution in [0.2, 0.25) is 6.04 Å². The van der Waals surface area contributed by atoms with Crippen LogP contribution in [0.1, 0.15) is 71.1 Å². The van der Waals surface area contributed by atoms with Crippen molar-refractivity contribution in [1.29, 1.82) is 0 Å². The summed E-state index contributed by atoms with van der Waals surface area (Å²) in [7, 11) is 2.82. The van der Waals surface area contributed by atoms with Crippen molar-refractivity contribution in [3.05, 3.63) is 0 Å². The third kappa shape index (κ3) is 5.28. The van der Waals surface area contributed by atoms with Crippen molar-refractivity contribution in [2.75, 3.05) is 21.3 Å². The molecule has 0 aromatic heterocycles. The summed E-state index contributed by atoms with van der Waals surface area (Å²) in [5.74, 6) is 3.76. The lowest BCUT2D eigenvalue weighted by Gasteiger charge is -2.39. The van der Waals surface area contributed by atoms with Crippen molar-refractivity contribution in [2.45, 2.75) is 77.2 Å². The largest absolute Gasteiger partial charge is 0.500 e. The molecule has 2 fully saturated rings. The van der Waals surface area contributed by atoms with Crippen LogP contribution < -0.4 is 0 Å². The van der Waals surface area contributed by atoms with Crippen molar-refractivity contribution in [1.82, 2.24) is 0 Å². The molecule has 3 nitrogen and oxygen atoms in total. The molecule has 0 bridgehead atoms. The monoisotopic (exact) mass is 342 g/mol. The van der Waals surface area contributed by atoms with Gasteiger partial charge in [0.1, 0.15) is 0 Å². The summed E-state index contributed by atoms with van der Waals surface area (Å²) in [4.78, 5) is 0. The number of rotatable bonds is 8. The van der Waals surface area contributed by atoms with Gasteiger partial charge in [-0.15, -0.1) is 0 Å². The lowest BCUT2D eigenvalue weighted by Crippen LogP contribution is -2.45. The number of hydrogen-bond acceptors (Lipinski definition) is 3. The minimum absolute atomic E-state index is 0.731. The average Bonchev–Trinajstić information content (AvgIpc) is 2.61. The molecule has 0 heterocycles. The lowest BCUT2D eigenvalue weighted by atomic mass is 9.69. The zero-order chi connectivity index (χ0) is 16.7. The summed E-state index contributed by atoms with van der Waals surface area (Å²) in [5, 5.41) is 0. The van der Waals surface area contributed by atoms with Crippen LogP contribution in [0.25, 0.3) is 0 Å². The molecule has 0 unspecified atom stereocenters. The van der Waals surface area contributed by atoms with Gasteiger partial charge in [0.05, 0.1) is 0 Å². The molecule has 0 radical (unpaired) electrons. The fourth-order valence-corrected chi connectivity index (χ4v) is 7.19. The molecule has 2 saturated carbocycles. The number of hydrogen-bond donors (Lipinski definition) is 0. The first kappa shape index (κ1) is 19.4. The quantitative estimate of drug-likeness (QED) is 0.562. The summed E-state index contributed by atoms with van der Waals surface area (Å²) in [6.07, 6.45) is 14.3. The Balaban J connectivity index is 1.74. The van der Waals surface area contributed by atoms with Gasteiger partial charge in [-0.05, 0) is 49.4 Å². The molecule has 0 saturated heterocycles. The maximum Gasteiger partial charge on any atom is 0.500 e. The van der Waals surface area contributed by atoms with Gasteiger partial charge in [-0.1, -0.05) is 45.4 Å². The van der Waals surface area contributed by atoms with Gasteiger partial charge >= 0.3 is 8.80 Å². The Bertz CT molecular complexity index is 308. The third-order valence-corrected chi connectivity index (χ3v) is 9.56. The molecule has 136 valence electrons. The molecule has 2 rings (SSSR count). The van der Waals surface area contributed by atoms with Crippen LogP contribution in [-0.4, -0.2) is 30.1 Å². The molecule has 2 aliphatic rings. The summed E-state index contributed by atoms with van der Waals surface area (Å²) in [6, 6.07) is 0.993. The van der Waals surface area contributed by atoms with Crippen LogP contribution in [0.5, 0.6) is 0 Å². The van der Waals surface area contributed by atoms with Crippen LogP contribution in [0.4, 0.5) is 0 Å². The van der Waals surface area contributed by atoms with E-state index < -0.39 is 8.80 Å². The highest BCUT2D eigenvalue weighted by Crippen LogP contribution is 2.43. The molecule has 2 aliphatic carbocycles. The van der Waals surface area contributed by atoms with Crippen LogP contribution in [0.3, 0.4) is 0 Å². The highest BCUT2D eigenvalue weighted by Gasteiger charge is 2.42. The van der Waals surface area contributed by atoms with E-state index in [-0.39, 0.29) is 0 Å². The van der Waals surface area contributed by atoms with E-state index >= 15 is 0 Å². The summed E-state index contributed by atoms with van der Waals surface area (Å²) in [5.41, 5.74) is 0.